The lowest BCUT2D eigenvalue weighted by molar-refractivity contribution is 0.0511. The van der Waals surface area contributed by atoms with Gasteiger partial charge in [0, 0.05) is 23.5 Å². The second-order valence-corrected chi connectivity index (χ2v) is 6.34. The van der Waals surface area contributed by atoms with Crippen LogP contribution in [0.5, 0.6) is 0 Å². The fraction of sp³-hybridized carbons (Fsp3) is 0.533. The predicted molar refractivity (Wildman–Crippen MR) is 90.1 cm³/mol. The lowest BCUT2D eigenvalue weighted by Crippen LogP contribution is -2.47. The van der Waals surface area contributed by atoms with Crippen molar-refractivity contribution in [3.63, 3.8) is 0 Å². The van der Waals surface area contributed by atoms with Gasteiger partial charge in [0.15, 0.2) is 0 Å². The van der Waals surface area contributed by atoms with Crippen molar-refractivity contribution in [3.05, 3.63) is 34.1 Å². The maximum absolute atomic E-state index is 13.3. The van der Waals surface area contributed by atoms with Crippen LogP contribution in [-0.2, 0) is 4.74 Å². The maximum atomic E-state index is 13.3. The zero-order valence-corrected chi connectivity index (χ0v) is 14.9. The molecule has 0 atom stereocenters. The van der Waals surface area contributed by atoms with Crippen molar-refractivity contribution in [1.29, 1.82) is 0 Å². The lowest BCUT2D eigenvalue weighted by atomic mass is 9.79. The molecule has 0 unspecified atom stereocenters. The largest absolute Gasteiger partial charge is 0.384 e. The standard InChI is InChI=1S/C15H20BrFN2O2.ClH/c1-21-10-15(4-6-18-7-5-15)9-19-14(20)12-8-11(17)2-3-13(12)16;/h2-3,8,18H,4-7,9-10H2,1H3,(H,19,20);1H. The molecule has 0 spiro atoms. The normalized spacial score (nSPS) is 16.7. The van der Waals surface area contributed by atoms with Gasteiger partial charge in [0.25, 0.3) is 5.91 Å². The van der Waals surface area contributed by atoms with Gasteiger partial charge < -0.3 is 15.4 Å². The molecule has 0 aliphatic carbocycles. The van der Waals surface area contributed by atoms with Crippen molar-refractivity contribution in [3.8, 4) is 0 Å². The second-order valence-electron chi connectivity index (χ2n) is 5.49. The summed E-state index contributed by atoms with van der Waals surface area (Å²) in [6.45, 7) is 2.98. The van der Waals surface area contributed by atoms with Crippen molar-refractivity contribution in [2.45, 2.75) is 12.8 Å². The number of carbonyl (C=O) groups is 1. The fourth-order valence-electron chi connectivity index (χ4n) is 2.67. The van der Waals surface area contributed by atoms with Crippen molar-refractivity contribution < 1.29 is 13.9 Å². The molecule has 7 heteroatoms. The van der Waals surface area contributed by atoms with Gasteiger partial charge in [-0.25, -0.2) is 4.39 Å². The molecule has 1 amide bonds. The van der Waals surface area contributed by atoms with Crippen molar-refractivity contribution in [2.24, 2.45) is 5.41 Å². The minimum Gasteiger partial charge on any atom is -0.384 e. The SMILES string of the molecule is COCC1(CNC(=O)c2cc(F)ccc2Br)CCNCC1.Cl. The average molecular weight is 396 g/mol. The number of ether oxygens (including phenoxy) is 1. The van der Waals surface area contributed by atoms with Crippen LogP contribution in [0, 0.1) is 11.2 Å². The molecule has 124 valence electrons. The molecule has 2 rings (SSSR count). The Balaban J connectivity index is 0.00000242. The minimum atomic E-state index is -0.420. The summed E-state index contributed by atoms with van der Waals surface area (Å²) in [6.07, 6.45) is 1.90. The van der Waals surface area contributed by atoms with Crippen LogP contribution < -0.4 is 10.6 Å². The van der Waals surface area contributed by atoms with E-state index in [0.717, 1.165) is 25.9 Å². The lowest BCUT2D eigenvalue weighted by Gasteiger charge is -2.37. The first-order chi connectivity index (χ1) is 10.1. The first-order valence-corrected chi connectivity index (χ1v) is 7.78. The molecule has 1 heterocycles. The third-order valence-corrected chi connectivity index (χ3v) is 4.60. The molecule has 0 saturated carbocycles. The predicted octanol–water partition coefficient (Wildman–Crippen LogP) is 2.76. The Morgan fingerprint density at radius 1 is 1.45 bits per heavy atom. The number of rotatable bonds is 5. The molecular weight excluding hydrogens is 375 g/mol. The summed E-state index contributed by atoms with van der Waals surface area (Å²) < 4.78 is 19.2. The highest BCUT2D eigenvalue weighted by Gasteiger charge is 2.32. The molecule has 0 aromatic heterocycles. The monoisotopic (exact) mass is 394 g/mol. The average Bonchev–Trinajstić information content (AvgIpc) is 2.49. The number of halogens is 3. The van der Waals surface area contributed by atoms with Crippen LogP contribution in [-0.4, -0.2) is 39.3 Å². The zero-order chi connectivity index (χ0) is 15.3. The molecule has 1 aliphatic heterocycles. The van der Waals surface area contributed by atoms with Gasteiger partial charge in [0.1, 0.15) is 5.82 Å². The Bertz CT molecular complexity index is 505. The highest BCUT2D eigenvalue weighted by molar-refractivity contribution is 9.10. The fourth-order valence-corrected chi connectivity index (χ4v) is 3.10. The third kappa shape index (κ3) is 4.91. The third-order valence-electron chi connectivity index (χ3n) is 3.91. The Morgan fingerprint density at radius 3 is 2.77 bits per heavy atom. The van der Waals surface area contributed by atoms with Crippen LogP contribution in [0.25, 0.3) is 0 Å². The summed E-state index contributed by atoms with van der Waals surface area (Å²) in [6, 6.07) is 4.10. The zero-order valence-electron chi connectivity index (χ0n) is 12.5. The van der Waals surface area contributed by atoms with Gasteiger partial charge in [-0.1, -0.05) is 0 Å². The molecule has 22 heavy (non-hydrogen) atoms. The molecule has 1 fully saturated rings. The number of hydrogen-bond acceptors (Lipinski definition) is 3. The molecule has 4 nitrogen and oxygen atoms in total. The van der Waals surface area contributed by atoms with Crippen LogP contribution in [0.15, 0.2) is 22.7 Å². The van der Waals surface area contributed by atoms with E-state index in [2.05, 4.69) is 26.6 Å². The van der Waals surface area contributed by atoms with Gasteiger partial charge in [-0.2, -0.15) is 0 Å². The van der Waals surface area contributed by atoms with Gasteiger partial charge >= 0.3 is 0 Å². The van der Waals surface area contributed by atoms with Gasteiger partial charge in [0.05, 0.1) is 12.2 Å². The Labute approximate surface area is 144 Å². The van der Waals surface area contributed by atoms with E-state index in [4.69, 9.17) is 4.74 Å². The summed E-state index contributed by atoms with van der Waals surface area (Å²) in [4.78, 5) is 12.2. The number of piperidine rings is 1. The summed E-state index contributed by atoms with van der Waals surface area (Å²) >= 11 is 3.28. The molecule has 2 N–H and O–H groups in total. The highest BCUT2D eigenvalue weighted by atomic mass is 79.9. The van der Waals surface area contributed by atoms with Crippen LogP contribution in [0.2, 0.25) is 0 Å². The van der Waals surface area contributed by atoms with Gasteiger partial charge in [-0.15, -0.1) is 12.4 Å². The van der Waals surface area contributed by atoms with Gasteiger partial charge in [-0.05, 0) is 60.1 Å². The highest BCUT2D eigenvalue weighted by Crippen LogP contribution is 2.28. The van der Waals surface area contributed by atoms with E-state index >= 15 is 0 Å². The summed E-state index contributed by atoms with van der Waals surface area (Å²) in [5.74, 6) is -0.688. The Hall–Kier alpha value is -0.690. The first kappa shape index (κ1) is 19.4. The Kier molecular flexibility index (Phi) is 7.76. The van der Waals surface area contributed by atoms with E-state index in [9.17, 15) is 9.18 Å². The van der Waals surface area contributed by atoms with Crippen LogP contribution in [0.1, 0.15) is 23.2 Å². The van der Waals surface area contributed by atoms with E-state index in [-0.39, 0.29) is 23.7 Å². The van der Waals surface area contributed by atoms with E-state index in [1.165, 1.54) is 12.1 Å². The molecule has 1 aromatic rings. The van der Waals surface area contributed by atoms with Crippen molar-refractivity contribution in [2.75, 3.05) is 33.4 Å². The summed E-state index contributed by atoms with van der Waals surface area (Å²) in [7, 11) is 1.68. The van der Waals surface area contributed by atoms with Crippen molar-refractivity contribution >= 4 is 34.2 Å². The second kappa shape index (κ2) is 8.82. The smallest absolute Gasteiger partial charge is 0.252 e. The number of hydrogen-bond donors (Lipinski definition) is 2. The maximum Gasteiger partial charge on any atom is 0.252 e. The molecule has 0 bridgehead atoms. The number of carbonyl (C=O) groups excluding carboxylic acids is 1. The quantitative estimate of drug-likeness (QED) is 0.806. The minimum absolute atomic E-state index is 0. The summed E-state index contributed by atoms with van der Waals surface area (Å²) in [5.41, 5.74) is 0.270. The molecule has 1 saturated heterocycles. The van der Waals surface area contributed by atoms with Crippen LogP contribution in [0.3, 0.4) is 0 Å². The van der Waals surface area contributed by atoms with E-state index in [0.29, 0.717) is 23.2 Å². The summed E-state index contributed by atoms with van der Waals surface area (Å²) in [5, 5.41) is 6.23. The molecular formula is C15H21BrClFN2O2. The van der Waals surface area contributed by atoms with E-state index < -0.39 is 5.82 Å². The number of amides is 1. The van der Waals surface area contributed by atoms with Crippen molar-refractivity contribution in [1.82, 2.24) is 10.6 Å². The van der Waals surface area contributed by atoms with Gasteiger partial charge in [0.2, 0.25) is 0 Å². The van der Waals surface area contributed by atoms with Gasteiger partial charge in [-0.3, -0.25) is 4.79 Å². The Morgan fingerprint density at radius 2 is 2.14 bits per heavy atom. The van der Waals surface area contributed by atoms with E-state index in [1.807, 2.05) is 0 Å². The first-order valence-electron chi connectivity index (χ1n) is 6.99. The molecule has 1 aliphatic rings. The van der Waals surface area contributed by atoms with Crippen LogP contribution >= 0.6 is 28.3 Å². The number of methoxy groups -OCH3 is 1. The number of nitrogens with one attached hydrogen (secondary N) is 2. The van der Waals surface area contributed by atoms with Crippen LogP contribution in [0.4, 0.5) is 4.39 Å². The molecule has 0 radical (unpaired) electrons. The number of benzene rings is 1. The molecule has 1 aromatic carbocycles. The topological polar surface area (TPSA) is 50.4 Å². The van der Waals surface area contributed by atoms with E-state index in [1.54, 1.807) is 13.2 Å².